The molecule has 0 aromatic heterocycles. The van der Waals surface area contributed by atoms with E-state index in [0.29, 0.717) is 12.2 Å². The molecule has 29 heavy (non-hydrogen) atoms. The molecule has 1 aliphatic rings. The number of methoxy groups -OCH3 is 1. The standard InChI is InChI=1S/C16H21O10P3/c1-22-14-7-11-5-3-2-4-10(11)6-12(14)15-8-13(17)16(24-15)9-23-28(20)26-29(21)25-27(18)19/h2-7,13,15-21H,8-9H2,1H3. The van der Waals surface area contributed by atoms with Gasteiger partial charge in [-0.2, -0.15) is 0 Å². The highest BCUT2D eigenvalue weighted by atomic mass is 31.3. The van der Waals surface area contributed by atoms with Crippen molar-refractivity contribution in [2.24, 2.45) is 0 Å². The van der Waals surface area contributed by atoms with Crippen molar-refractivity contribution >= 4 is 36.6 Å². The van der Waals surface area contributed by atoms with Gasteiger partial charge in [0.2, 0.25) is 0 Å². The molecule has 0 radical (unpaired) electrons. The summed E-state index contributed by atoms with van der Waals surface area (Å²) in [5.74, 6) is 0.641. The Morgan fingerprint density at radius 2 is 1.72 bits per heavy atom. The lowest BCUT2D eigenvalue weighted by atomic mass is 9.99. The van der Waals surface area contributed by atoms with Crippen molar-refractivity contribution in [2.45, 2.75) is 24.7 Å². The minimum Gasteiger partial charge on any atom is -0.496 e. The Morgan fingerprint density at radius 1 is 1.03 bits per heavy atom. The van der Waals surface area contributed by atoms with Gasteiger partial charge in [-0.25, -0.2) is 8.62 Å². The summed E-state index contributed by atoms with van der Waals surface area (Å²) in [6.45, 7) is -0.202. The molecule has 5 N–H and O–H groups in total. The molecule has 1 fully saturated rings. The summed E-state index contributed by atoms with van der Waals surface area (Å²) in [5.41, 5.74) is 0.793. The lowest BCUT2D eigenvalue weighted by molar-refractivity contribution is -0.0188. The average molecular weight is 466 g/mol. The predicted octanol–water partition coefficient (Wildman–Crippen LogP) is 2.74. The van der Waals surface area contributed by atoms with E-state index in [1.807, 2.05) is 36.4 Å². The molecule has 2 aromatic rings. The normalized spacial score (nSPS) is 24.2. The molecule has 1 heterocycles. The highest BCUT2D eigenvalue weighted by Crippen LogP contribution is 2.55. The van der Waals surface area contributed by atoms with Crippen molar-refractivity contribution in [3.8, 4) is 5.75 Å². The largest absolute Gasteiger partial charge is 0.496 e. The maximum atomic E-state index is 10.3. The van der Waals surface area contributed by atoms with Crippen molar-refractivity contribution < 1.29 is 47.3 Å². The van der Waals surface area contributed by atoms with Crippen molar-refractivity contribution in [3.63, 3.8) is 0 Å². The number of hydrogen-bond acceptors (Lipinski definition) is 10. The van der Waals surface area contributed by atoms with E-state index >= 15 is 0 Å². The third kappa shape index (κ3) is 6.21. The molecule has 3 rings (SSSR count). The van der Waals surface area contributed by atoms with Crippen LogP contribution in [0.3, 0.4) is 0 Å². The molecule has 1 aliphatic heterocycles. The Labute approximate surface area is 170 Å². The molecule has 2 aromatic carbocycles. The first-order valence-electron chi connectivity index (χ1n) is 8.42. The number of rotatable bonds is 9. The number of aliphatic hydroxyl groups excluding tert-OH is 1. The van der Waals surface area contributed by atoms with Gasteiger partial charge in [-0.05, 0) is 22.9 Å². The van der Waals surface area contributed by atoms with Crippen LogP contribution in [0.15, 0.2) is 36.4 Å². The Hall–Kier alpha value is -0.570. The van der Waals surface area contributed by atoms with Gasteiger partial charge >= 0.3 is 25.8 Å². The zero-order valence-corrected chi connectivity index (χ0v) is 17.9. The van der Waals surface area contributed by atoms with Gasteiger partial charge in [-0.1, -0.05) is 24.3 Å². The topological polar surface area (TPSA) is 147 Å². The fourth-order valence-corrected chi connectivity index (χ4v) is 4.87. The Kier molecular flexibility index (Phi) is 8.48. The summed E-state index contributed by atoms with van der Waals surface area (Å²) in [5, 5.41) is 12.3. The SMILES string of the molecule is COc1cc2ccccc2cc1C1CC(O)C(COP(O)OP(O)OP(O)O)O1. The molecule has 0 aliphatic carbocycles. The van der Waals surface area contributed by atoms with E-state index in [4.69, 9.17) is 23.8 Å². The van der Waals surface area contributed by atoms with Crippen LogP contribution in [0.1, 0.15) is 18.1 Å². The Morgan fingerprint density at radius 3 is 2.38 bits per heavy atom. The van der Waals surface area contributed by atoms with E-state index in [0.717, 1.165) is 16.3 Å². The van der Waals surface area contributed by atoms with Crippen LogP contribution in [-0.2, 0) is 17.9 Å². The first kappa shape index (κ1) is 23.1. The van der Waals surface area contributed by atoms with Crippen molar-refractivity contribution in [1.82, 2.24) is 0 Å². The molecule has 0 saturated carbocycles. The molecule has 1 saturated heterocycles. The van der Waals surface area contributed by atoms with E-state index in [-0.39, 0.29) is 6.61 Å². The summed E-state index contributed by atoms with van der Waals surface area (Å²) >= 11 is 0. The molecule has 0 bridgehead atoms. The number of hydrogen-bond donors (Lipinski definition) is 5. The van der Waals surface area contributed by atoms with Crippen molar-refractivity contribution in [3.05, 3.63) is 42.0 Å². The fraction of sp³-hybridized carbons (Fsp3) is 0.375. The van der Waals surface area contributed by atoms with Crippen LogP contribution in [0.4, 0.5) is 0 Å². The molecule has 160 valence electrons. The van der Waals surface area contributed by atoms with Gasteiger partial charge in [0.25, 0.3) is 0 Å². The monoisotopic (exact) mass is 466 g/mol. The van der Waals surface area contributed by atoms with Crippen LogP contribution in [0.5, 0.6) is 5.75 Å². The number of ether oxygens (including phenoxy) is 2. The van der Waals surface area contributed by atoms with E-state index in [1.54, 1.807) is 7.11 Å². The predicted molar refractivity (Wildman–Crippen MR) is 106 cm³/mol. The molecule has 0 spiro atoms. The molecule has 13 heteroatoms. The summed E-state index contributed by atoms with van der Waals surface area (Å²) < 4.78 is 25.2. The molecule has 5 atom stereocenters. The van der Waals surface area contributed by atoms with Gasteiger partial charge in [-0.3, -0.25) is 0 Å². The van der Waals surface area contributed by atoms with E-state index in [1.165, 1.54) is 0 Å². The highest BCUT2D eigenvalue weighted by Gasteiger charge is 2.37. The Bertz CT molecular complexity index is 810. The maximum absolute atomic E-state index is 10.3. The smallest absolute Gasteiger partial charge is 0.344 e. The van der Waals surface area contributed by atoms with Gasteiger partial charge in [0.05, 0.1) is 25.9 Å². The second-order valence-electron chi connectivity index (χ2n) is 6.10. The second kappa shape index (κ2) is 10.6. The van der Waals surface area contributed by atoms with Crippen LogP contribution in [0.25, 0.3) is 10.8 Å². The quantitative estimate of drug-likeness (QED) is 0.350. The maximum Gasteiger partial charge on any atom is 0.344 e. The van der Waals surface area contributed by atoms with Gasteiger partial charge < -0.3 is 38.7 Å². The van der Waals surface area contributed by atoms with Gasteiger partial charge in [0.15, 0.2) is 0 Å². The first-order valence-corrected chi connectivity index (χ1v) is 11.8. The third-order valence-corrected chi connectivity index (χ3v) is 6.93. The van der Waals surface area contributed by atoms with Crippen molar-refractivity contribution in [1.29, 1.82) is 0 Å². The van der Waals surface area contributed by atoms with Crippen LogP contribution in [-0.4, -0.2) is 50.6 Å². The van der Waals surface area contributed by atoms with Crippen molar-refractivity contribution in [2.75, 3.05) is 13.7 Å². The lowest BCUT2D eigenvalue weighted by Crippen LogP contribution is -2.25. The van der Waals surface area contributed by atoms with Gasteiger partial charge in [-0.15, -0.1) is 0 Å². The van der Waals surface area contributed by atoms with Crippen LogP contribution < -0.4 is 4.74 Å². The highest BCUT2D eigenvalue weighted by molar-refractivity contribution is 7.60. The van der Waals surface area contributed by atoms with Crippen LogP contribution >= 0.6 is 25.8 Å². The molecule has 5 unspecified atom stereocenters. The molecule has 0 amide bonds. The molecular weight excluding hydrogens is 445 g/mol. The lowest BCUT2D eigenvalue weighted by Gasteiger charge is -2.19. The zero-order valence-electron chi connectivity index (χ0n) is 15.2. The number of fused-ring (bicyclic) bond motifs is 1. The number of aliphatic hydroxyl groups is 1. The summed E-state index contributed by atoms with van der Waals surface area (Å²) in [6, 6.07) is 11.7. The van der Waals surface area contributed by atoms with Gasteiger partial charge in [0.1, 0.15) is 11.9 Å². The van der Waals surface area contributed by atoms with Gasteiger partial charge in [0, 0.05) is 12.0 Å². The van der Waals surface area contributed by atoms with Crippen LogP contribution in [0.2, 0.25) is 0 Å². The minimum atomic E-state index is -2.82. The fourth-order valence-electron chi connectivity index (χ4n) is 3.04. The van der Waals surface area contributed by atoms with Crippen LogP contribution in [0, 0.1) is 0 Å². The van der Waals surface area contributed by atoms with E-state index in [9.17, 15) is 14.9 Å². The minimum absolute atomic E-state index is 0.202. The average Bonchev–Trinajstić information content (AvgIpc) is 3.05. The zero-order chi connectivity index (χ0) is 21.0. The second-order valence-corrected chi connectivity index (χ2v) is 9.12. The number of benzene rings is 2. The first-order chi connectivity index (χ1) is 13.9. The van der Waals surface area contributed by atoms with E-state index in [2.05, 4.69) is 8.62 Å². The molecular formula is C16H21O10P3. The molecule has 10 nitrogen and oxygen atoms in total. The third-order valence-electron chi connectivity index (χ3n) is 4.30. The Balaban J connectivity index is 1.61. The summed E-state index contributed by atoms with van der Waals surface area (Å²) in [6.07, 6.45) is -1.72. The van der Waals surface area contributed by atoms with E-state index < -0.39 is 44.1 Å². The summed E-state index contributed by atoms with van der Waals surface area (Å²) in [4.78, 5) is 36.1. The summed E-state index contributed by atoms with van der Waals surface area (Å²) in [7, 11) is -6.52.